The maximum Gasteiger partial charge on any atom is 0.0450 e. The molecule has 1 aliphatic rings. The van der Waals surface area contributed by atoms with Gasteiger partial charge in [0.15, 0.2) is 0 Å². The third kappa shape index (κ3) is 3.23. The van der Waals surface area contributed by atoms with Crippen molar-refractivity contribution in [1.29, 1.82) is 0 Å². The third-order valence-corrected chi connectivity index (χ3v) is 3.99. The molecule has 0 radical (unpaired) electrons. The van der Waals surface area contributed by atoms with E-state index in [4.69, 9.17) is 4.98 Å². The summed E-state index contributed by atoms with van der Waals surface area (Å²) >= 11 is 0. The van der Waals surface area contributed by atoms with Crippen LogP contribution in [0.3, 0.4) is 0 Å². The molecule has 3 heterocycles. The zero-order valence-electron chi connectivity index (χ0n) is 12.0. The number of piperidine rings is 1. The van der Waals surface area contributed by atoms with Gasteiger partial charge in [0.05, 0.1) is 0 Å². The third-order valence-electron chi connectivity index (χ3n) is 3.99. The number of pyridine rings is 2. The highest BCUT2D eigenvalue weighted by Gasteiger charge is 2.22. The van der Waals surface area contributed by atoms with Gasteiger partial charge in [0.1, 0.15) is 0 Å². The van der Waals surface area contributed by atoms with Crippen molar-refractivity contribution >= 4 is 0 Å². The number of nitrogens with zero attached hydrogens (tertiary/aromatic N) is 3. The normalized spacial score (nSPS) is 19.9. The van der Waals surface area contributed by atoms with Crippen LogP contribution < -0.4 is 0 Å². The molecule has 0 aromatic carbocycles. The number of hydrogen-bond acceptors (Lipinski definition) is 3. The summed E-state index contributed by atoms with van der Waals surface area (Å²) in [5, 5.41) is 0. The number of aryl methyl sites for hydroxylation is 1. The summed E-state index contributed by atoms with van der Waals surface area (Å²) in [6, 6.07) is 10.6. The second-order valence-corrected chi connectivity index (χ2v) is 5.63. The van der Waals surface area contributed by atoms with Crippen molar-refractivity contribution in [3.8, 4) is 0 Å². The van der Waals surface area contributed by atoms with Crippen LogP contribution in [-0.2, 0) is 6.54 Å². The monoisotopic (exact) mass is 267 g/mol. The van der Waals surface area contributed by atoms with Gasteiger partial charge in [-0.2, -0.15) is 0 Å². The largest absolute Gasteiger partial charge is 0.298 e. The van der Waals surface area contributed by atoms with E-state index in [0.29, 0.717) is 5.92 Å². The summed E-state index contributed by atoms with van der Waals surface area (Å²) in [6.07, 6.45) is 6.26. The van der Waals surface area contributed by atoms with Gasteiger partial charge >= 0.3 is 0 Å². The van der Waals surface area contributed by atoms with Crippen LogP contribution in [0.5, 0.6) is 0 Å². The van der Waals surface area contributed by atoms with Crippen molar-refractivity contribution in [3.05, 3.63) is 59.7 Å². The maximum atomic E-state index is 4.70. The Kier molecular flexibility index (Phi) is 4.07. The molecule has 1 aliphatic heterocycles. The summed E-state index contributed by atoms with van der Waals surface area (Å²) in [7, 11) is 0. The smallest absolute Gasteiger partial charge is 0.0450 e. The van der Waals surface area contributed by atoms with E-state index < -0.39 is 0 Å². The fourth-order valence-corrected chi connectivity index (χ4v) is 2.98. The maximum absolute atomic E-state index is 4.70. The van der Waals surface area contributed by atoms with Crippen LogP contribution in [-0.4, -0.2) is 28.0 Å². The van der Waals surface area contributed by atoms with Crippen LogP contribution in [0, 0.1) is 6.92 Å². The number of aromatic nitrogens is 2. The first-order chi connectivity index (χ1) is 9.81. The highest BCUT2D eigenvalue weighted by Crippen LogP contribution is 2.26. The minimum Gasteiger partial charge on any atom is -0.298 e. The topological polar surface area (TPSA) is 29.0 Å². The van der Waals surface area contributed by atoms with Gasteiger partial charge in [-0.3, -0.25) is 14.9 Å². The van der Waals surface area contributed by atoms with E-state index in [-0.39, 0.29) is 0 Å². The van der Waals surface area contributed by atoms with Crippen LogP contribution >= 0.6 is 0 Å². The van der Waals surface area contributed by atoms with E-state index in [1.807, 2.05) is 12.4 Å². The zero-order chi connectivity index (χ0) is 13.8. The molecular formula is C17H21N3. The first kappa shape index (κ1) is 13.3. The molecule has 0 aliphatic carbocycles. The van der Waals surface area contributed by atoms with Gasteiger partial charge in [-0.25, -0.2) is 0 Å². The second kappa shape index (κ2) is 6.14. The minimum absolute atomic E-state index is 0.575. The first-order valence-corrected chi connectivity index (χ1v) is 7.36. The lowest BCUT2D eigenvalue weighted by molar-refractivity contribution is 0.198. The van der Waals surface area contributed by atoms with Crippen LogP contribution in [0.1, 0.15) is 35.7 Å². The highest BCUT2D eigenvalue weighted by molar-refractivity contribution is 5.16. The fraction of sp³-hybridized carbons (Fsp3) is 0.412. The standard InChI is InChI=1S/C17H21N3/c1-14-4-2-6-17(19-14)16-5-3-11-20(13-16)12-15-7-9-18-10-8-15/h2,4,6-10,16H,3,5,11-13H2,1H3/t16-/m1/s1. The van der Waals surface area contributed by atoms with Gasteiger partial charge in [0.2, 0.25) is 0 Å². The molecule has 3 nitrogen and oxygen atoms in total. The molecule has 1 fully saturated rings. The molecule has 3 rings (SSSR count). The molecule has 0 bridgehead atoms. The fourth-order valence-electron chi connectivity index (χ4n) is 2.98. The molecule has 3 heteroatoms. The molecule has 20 heavy (non-hydrogen) atoms. The molecule has 2 aromatic heterocycles. The Balaban J connectivity index is 1.67. The van der Waals surface area contributed by atoms with Crippen molar-refractivity contribution in [2.45, 2.75) is 32.2 Å². The second-order valence-electron chi connectivity index (χ2n) is 5.63. The quantitative estimate of drug-likeness (QED) is 0.855. The van der Waals surface area contributed by atoms with E-state index in [9.17, 15) is 0 Å². The van der Waals surface area contributed by atoms with Crippen molar-refractivity contribution in [2.75, 3.05) is 13.1 Å². The van der Waals surface area contributed by atoms with Crippen molar-refractivity contribution in [2.24, 2.45) is 0 Å². The summed E-state index contributed by atoms with van der Waals surface area (Å²) in [6.45, 7) is 5.38. The molecule has 1 atom stereocenters. The number of likely N-dealkylation sites (tertiary alicyclic amines) is 1. The number of rotatable bonds is 3. The molecular weight excluding hydrogens is 246 g/mol. The highest BCUT2D eigenvalue weighted by atomic mass is 15.1. The Morgan fingerprint density at radius 3 is 2.85 bits per heavy atom. The summed E-state index contributed by atoms with van der Waals surface area (Å²) in [5.41, 5.74) is 3.72. The van der Waals surface area contributed by atoms with Gasteiger partial charge in [0.25, 0.3) is 0 Å². The Morgan fingerprint density at radius 1 is 1.20 bits per heavy atom. The minimum atomic E-state index is 0.575. The van der Waals surface area contributed by atoms with Gasteiger partial charge < -0.3 is 0 Å². The molecule has 104 valence electrons. The Morgan fingerprint density at radius 2 is 2.05 bits per heavy atom. The van der Waals surface area contributed by atoms with E-state index in [1.54, 1.807) is 0 Å². The van der Waals surface area contributed by atoms with Crippen LogP contribution in [0.15, 0.2) is 42.7 Å². The predicted octanol–water partition coefficient (Wildman–Crippen LogP) is 3.16. The van der Waals surface area contributed by atoms with E-state index in [0.717, 1.165) is 18.8 Å². The van der Waals surface area contributed by atoms with Crippen LogP contribution in [0.2, 0.25) is 0 Å². The molecule has 2 aromatic rings. The summed E-state index contributed by atoms with van der Waals surface area (Å²) in [5.74, 6) is 0.575. The van der Waals surface area contributed by atoms with Gasteiger partial charge in [-0.05, 0) is 56.1 Å². The van der Waals surface area contributed by atoms with E-state index in [1.165, 1.54) is 30.6 Å². The Labute approximate surface area is 120 Å². The van der Waals surface area contributed by atoms with Crippen LogP contribution in [0.4, 0.5) is 0 Å². The molecule has 0 N–H and O–H groups in total. The van der Waals surface area contributed by atoms with Crippen molar-refractivity contribution in [1.82, 2.24) is 14.9 Å². The summed E-state index contributed by atoms with van der Waals surface area (Å²) < 4.78 is 0. The molecule has 0 spiro atoms. The molecule has 0 saturated carbocycles. The summed E-state index contributed by atoms with van der Waals surface area (Å²) in [4.78, 5) is 11.3. The van der Waals surface area contributed by atoms with Gasteiger partial charge in [-0.15, -0.1) is 0 Å². The van der Waals surface area contributed by atoms with Gasteiger partial charge in [-0.1, -0.05) is 6.07 Å². The van der Waals surface area contributed by atoms with E-state index >= 15 is 0 Å². The Bertz CT molecular complexity index is 553. The molecule has 0 amide bonds. The lowest BCUT2D eigenvalue weighted by Crippen LogP contribution is -2.34. The van der Waals surface area contributed by atoms with Crippen molar-refractivity contribution < 1.29 is 0 Å². The predicted molar refractivity (Wildman–Crippen MR) is 80.5 cm³/mol. The average molecular weight is 267 g/mol. The Hall–Kier alpha value is -1.74. The first-order valence-electron chi connectivity index (χ1n) is 7.36. The lowest BCUT2D eigenvalue weighted by Gasteiger charge is -2.32. The van der Waals surface area contributed by atoms with Crippen molar-refractivity contribution in [3.63, 3.8) is 0 Å². The molecule has 1 saturated heterocycles. The van der Waals surface area contributed by atoms with Crippen LogP contribution in [0.25, 0.3) is 0 Å². The molecule has 0 unspecified atom stereocenters. The zero-order valence-corrected chi connectivity index (χ0v) is 12.0. The number of hydrogen-bond donors (Lipinski definition) is 0. The van der Waals surface area contributed by atoms with Gasteiger partial charge in [0, 0.05) is 42.8 Å². The lowest BCUT2D eigenvalue weighted by atomic mass is 9.94. The van der Waals surface area contributed by atoms with E-state index in [2.05, 4.69) is 47.1 Å². The SMILES string of the molecule is Cc1cccc([C@@H]2CCCN(Cc3ccncc3)C2)n1. The average Bonchev–Trinajstić information content (AvgIpc) is 2.49.